The van der Waals surface area contributed by atoms with Gasteiger partial charge >= 0.3 is 0 Å². The molecule has 0 amide bonds. The maximum absolute atomic E-state index is 6.55. The number of likely N-dealkylation sites (N-methyl/N-ethyl adjacent to an activating group) is 1. The summed E-state index contributed by atoms with van der Waals surface area (Å²) in [5, 5.41) is 1.11. The van der Waals surface area contributed by atoms with Crippen molar-refractivity contribution in [2.45, 2.75) is 39.8 Å². The molecule has 0 saturated carbocycles. The predicted octanol–water partition coefficient (Wildman–Crippen LogP) is 3.36. The topological polar surface area (TPSA) is 51.4 Å². The van der Waals surface area contributed by atoms with Gasteiger partial charge in [-0.2, -0.15) is 0 Å². The highest BCUT2D eigenvalue weighted by molar-refractivity contribution is 5.83. The Morgan fingerprint density at radius 1 is 1.18 bits per heavy atom. The first-order chi connectivity index (χ1) is 10.6. The maximum atomic E-state index is 6.55. The summed E-state index contributed by atoms with van der Waals surface area (Å²) in [5.74, 6) is 0.852. The Bertz CT molecular complexity index is 610. The third-order valence-corrected chi connectivity index (χ3v) is 4.33. The van der Waals surface area contributed by atoms with Crippen LogP contribution in [0, 0.1) is 0 Å². The van der Waals surface area contributed by atoms with Crippen LogP contribution in [0.25, 0.3) is 10.9 Å². The first-order valence-electron chi connectivity index (χ1n) is 8.13. The molecule has 0 aliphatic heterocycles. The quantitative estimate of drug-likeness (QED) is 0.852. The summed E-state index contributed by atoms with van der Waals surface area (Å²) in [6, 6.07) is 8.32. The van der Waals surface area contributed by atoms with Gasteiger partial charge in [-0.3, -0.25) is 9.88 Å². The molecule has 1 aromatic carbocycles. The summed E-state index contributed by atoms with van der Waals surface area (Å²) in [5.41, 5.74) is 8.63. The Morgan fingerprint density at radius 3 is 2.55 bits per heavy atom. The zero-order chi connectivity index (χ0) is 16.1. The fourth-order valence-corrected chi connectivity index (χ4v) is 2.98. The second-order valence-corrected chi connectivity index (χ2v) is 5.50. The molecule has 120 valence electrons. The number of nitrogens with two attached hydrogens (primary N) is 1. The molecule has 0 aliphatic carbocycles. The Hall–Kier alpha value is -1.65. The average Bonchev–Trinajstić information content (AvgIpc) is 2.54. The molecule has 1 aromatic heterocycles. The summed E-state index contributed by atoms with van der Waals surface area (Å²) in [7, 11) is 0. The maximum Gasteiger partial charge on any atom is 0.121 e. The molecule has 22 heavy (non-hydrogen) atoms. The van der Waals surface area contributed by atoms with Gasteiger partial charge in [0.25, 0.3) is 0 Å². The highest BCUT2D eigenvalue weighted by atomic mass is 16.5. The molecule has 0 bridgehead atoms. The van der Waals surface area contributed by atoms with Gasteiger partial charge in [0.15, 0.2) is 0 Å². The number of benzene rings is 1. The van der Waals surface area contributed by atoms with E-state index in [-0.39, 0.29) is 12.1 Å². The van der Waals surface area contributed by atoms with E-state index in [0.29, 0.717) is 6.61 Å². The van der Waals surface area contributed by atoms with Crippen LogP contribution < -0.4 is 10.5 Å². The lowest BCUT2D eigenvalue weighted by molar-refractivity contribution is 0.204. The monoisotopic (exact) mass is 301 g/mol. The van der Waals surface area contributed by atoms with E-state index in [1.807, 2.05) is 31.3 Å². The summed E-state index contributed by atoms with van der Waals surface area (Å²) in [6.07, 6.45) is 1.84. The number of hydrogen-bond acceptors (Lipinski definition) is 4. The lowest BCUT2D eigenvalue weighted by Gasteiger charge is -2.31. The summed E-state index contributed by atoms with van der Waals surface area (Å²) in [6.45, 7) is 11.2. The molecular weight excluding hydrogens is 274 g/mol. The molecule has 0 fully saturated rings. The molecule has 0 aliphatic rings. The molecular formula is C18H27N3O. The largest absolute Gasteiger partial charge is 0.494 e. The van der Waals surface area contributed by atoms with Crippen molar-refractivity contribution in [3.05, 3.63) is 36.0 Å². The Kier molecular flexibility index (Phi) is 5.75. The molecule has 4 heteroatoms. The van der Waals surface area contributed by atoms with Gasteiger partial charge in [-0.1, -0.05) is 13.8 Å². The van der Waals surface area contributed by atoms with E-state index < -0.39 is 0 Å². The molecule has 2 N–H and O–H groups in total. The Labute approximate surface area is 133 Å². The lowest BCUT2D eigenvalue weighted by atomic mass is 9.96. The first kappa shape index (κ1) is 16.7. The van der Waals surface area contributed by atoms with E-state index in [4.69, 9.17) is 10.5 Å². The van der Waals surface area contributed by atoms with E-state index in [0.717, 1.165) is 35.3 Å². The zero-order valence-electron chi connectivity index (χ0n) is 14.0. The summed E-state index contributed by atoms with van der Waals surface area (Å²) >= 11 is 0. The molecule has 0 spiro atoms. The number of nitrogens with zero attached hydrogens (tertiary/aromatic N) is 2. The highest BCUT2D eigenvalue weighted by Gasteiger charge is 2.21. The van der Waals surface area contributed by atoms with Gasteiger partial charge in [-0.25, -0.2) is 0 Å². The van der Waals surface area contributed by atoms with Gasteiger partial charge in [0, 0.05) is 29.7 Å². The van der Waals surface area contributed by atoms with Crippen LogP contribution >= 0.6 is 0 Å². The van der Waals surface area contributed by atoms with Crippen LogP contribution in [0.5, 0.6) is 5.75 Å². The molecule has 4 nitrogen and oxygen atoms in total. The second-order valence-electron chi connectivity index (χ2n) is 5.50. The van der Waals surface area contributed by atoms with Crippen LogP contribution in [0.1, 0.15) is 39.3 Å². The Morgan fingerprint density at radius 2 is 1.91 bits per heavy atom. The normalized spacial score (nSPS) is 14.3. The molecule has 0 radical (unpaired) electrons. The van der Waals surface area contributed by atoms with Crippen molar-refractivity contribution in [1.29, 1.82) is 0 Å². The van der Waals surface area contributed by atoms with Crippen LogP contribution in [-0.2, 0) is 0 Å². The number of aromatic nitrogens is 1. The van der Waals surface area contributed by atoms with E-state index >= 15 is 0 Å². The fraction of sp³-hybridized carbons (Fsp3) is 0.500. The molecule has 2 unspecified atom stereocenters. The molecule has 2 aromatic rings. The summed E-state index contributed by atoms with van der Waals surface area (Å²) in [4.78, 5) is 6.84. The average molecular weight is 301 g/mol. The Balaban J connectivity index is 2.38. The van der Waals surface area contributed by atoms with Gasteiger partial charge < -0.3 is 10.5 Å². The minimum Gasteiger partial charge on any atom is -0.494 e. The molecule has 0 saturated heterocycles. The van der Waals surface area contributed by atoms with Crippen LogP contribution in [0.2, 0.25) is 0 Å². The minimum atomic E-state index is -0.0386. The number of rotatable bonds is 7. The van der Waals surface area contributed by atoms with Crippen molar-refractivity contribution >= 4 is 10.9 Å². The number of ether oxygens (including phenoxy) is 1. The third-order valence-electron chi connectivity index (χ3n) is 4.33. The minimum absolute atomic E-state index is 0.0386. The first-order valence-corrected chi connectivity index (χ1v) is 8.13. The number of hydrogen-bond donors (Lipinski definition) is 1. The second kappa shape index (κ2) is 7.56. The van der Waals surface area contributed by atoms with Crippen molar-refractivity contribution in [3.8, 4) is 5.75 Å². The lowest BCUT2D eigenvalue weighted by Crippen LogP contribution is -2.40. The molecule has 2 atom stereocenters. The standard InChI is InChI=1S/C18H27N3O/c1-5-21(6-2)13(4)18(19)16-10-11-20-17-12-14(22-7-3)8-9-15(16)17/h8-13,18H,5-7,19H2,1-4H3. The SMILES string of the molecule is CCOc1ccc2c(C(N)C(C)N(CC)CC)ccnc2c1. The van der Waals surface area contributed by atoms with Crippen molar-refractivity contribution in [2.75, 3.05) is 19.7 Å². The van der Waals surface area contributed by atoms with Crippen molar-refractivity contribution in [2.24, 2.45) is 5.73 Å². The number of pyridine rings is 1. The van der Waals surface area contributed by atoms with Crippen molar-refractivity contribution < 1.29 is 4.74 Å². The number of fused-ring (bicyclic) bond motifs is 1. The van der Waals surface area contributed by atoms with E-state index in [2.05, 4.69) is 36.7 Å². The smallest absolute Gasteiger partial charge is 0.121 e. The van der Waals surface area contributed by atoms with Gasteiger partial charge in [0.1, 0.15) is 5.75 Å². The van der Waals surface area contributed by atoms with E-state index in [1.54, 1.807) is 0 Å². The van der Waals surface area contributed by atoms with Crippen molar-refractivity contribution in [1.82, 2.24) is 9.88 Å². The molecule has 2 rings (SSSR count). The third kappa shape index (κ3) is 3.39. The van der Waals surface area contributed by atoms with Crippen LogP contribution in [0.4, 0.5) is 0 Å². The van der Waals surface area contributed by atoms with E-state index in [1.165, 1.54) is 0 Å². The molecule has 1 heterocycles. The van der Waals surface area contributed by atoms with Crippen LogP contribution in [0.3, 0.4) is 0 Å². The van der Waals surface area contributed by atoms with Gasteiger partial charge in [-0.15, -0.1) is 0 Å². The zero-order valence-corrected chi connectivity index (χ0v) is 14.0. The fourth-order valence-electron chi connectivity index (χ4n) is 2.98. The van der Waals surface area contributed by atoms with Gasteiger partial charge in [-0.05, 0) is 50.7 Å². The van der Waals surface area contributed by atoms with Crippen molar-refractivity contribution in [3.63, 3.8) is 0 Å². The van der Waals surface area contributed by atoms with Crippen LogP contribution in [0.15, 0.2) is 30.5 Å². The predicted molar refractivity (Wildman–Crippen MR) is 92.2 cm³/mol. The highest BCUT2D eigenvalue weighted by Crippen LogP contribution is 2.28. The van der Waals surface area contributed by atoms with Crippen LogP contribution in [-0.4, -0.2) is 35.6 Å². The van der Waals surface area contributed by atoms with Gasteiger partial charge in [0.2, 0.25) is 0 Å². The van der Waals surface area contributed by atoms with Gasteiger partial charge in [0.05, 0.1) is 12.1 Å². The van der Waals surface area contributed by atoms with E-state index in [9.17, 15) is 0 Å². The summed E-state index contributed by atoms with van der Waals surface area (Å²) < 4.78 is 5.56.